The molecule has 3 amide bonds. The smallest absolute Gasteiger partial charge is 0.255 e. The van der Waals surface area contributed by atoms with Crippen molar-refractivity contribution in [1.29, 1.82) is 0 Å². The predicted molar refractivity (Wildman–Crippen MR) is 160 cm³/mol. The minimum atomic E-state index is -0.550. The van der Waals surface area contributed by atoms with Crippen molar-refractivity contribution in [2.45, 2.75) is 114 Å². The first-order valence-corrected chi connectivity index (χ1v) is 16.8. The molecule has 8 heteroatoms. The van der Waals surface area contributed by atoms with Gasteiger partial charge in [0.25, 0.3) is 5.91 Å². The zero-order valence-corrected chi connectivity index (χ0v) is 25.1. The van der Waals surface area contributed by atoms with E-state index in [0.29, 0.717) is 18.5 Å². The first-order valence-electron chi connectivity index (χ1n) is 15.8. The number of fused-ring (bicyclic) bond motifs is 1. The second-order valence-corrected chi connectivity index (χ2v) is 12.7. The molecule has 222 valence electrons. The molecule has 1 aromatic carbocycles. The van der Waals surface area contributed by atoms with Gasteiger partial charge in [-0.05, 0) is 49.3 Å². The van der Waals surface area contributed by atoms with Crippen LogP contribution in [0.2, 0.25) is 0 Å². The molecule has 1 N–H and O–H groups in total. The summed E-state index contributed by atoms with van der Waals surface area (Å²) in [5.74, 6) is 0.359. The highest BCUT2D eigenvalue weighted by molar-refractivity contribution is 7.99. The fourth-order valence-electron chi connectivity index (χ4n) is 6.08. The molecule has 0 bridgehead atoms. The van der Waals surface area contributed by atoms with Gasteiger partial charge >= 0.3 is 0 Å². The van der Waals surface area contributed by atoms with Crippen molar-refractivity contribution in [2.75, 3.05) is 38.6 Å². The van der Waals surface area contributed by atoms with Crippen molar-refractivity contribution in [1.82, 2.24) is 15.1 Å². The van der Waals surface area contributed by atoms with E-state index in [4.69, 9.17) is 4.74 Å². The minimum Gasteiger partial charge on any atom is -0.379 e. The van der Waals surface area contributed by atoms with Gasteiger partial charge in [-0.1, -0.05) is 76.7 Å². The van der Waals surface area contributed by atoms with E-state index in [-0.39, 0.29) is 24.1 Å². The molecule has 0 saturated carbocycles. The van der Waals surface area contributed by atoms with Crippen LogP contribution in [0.1, 0.15) is 112 Å². The zero-order chi connectivity index (χ0) is 28.0. The average Bonchev–Trinajstić information content (AvgIpc) is 3.30. The third-order valence-electron chi connectivity index (χ3n) is 8.52. The summed E-state index contributed by atoms with van der Waals surface area (Å²) in [5.41, 5.74) is 1.74. The molecule has 0 aromatic heterocycles. The number of hydrogen-bond acceptors (Lipinski definition) is 6. The summed E-state index contributed by atoms with van der Waals surface area (Å²) >= 11 is 1.83. The molecule has 3 aliphatic rings. The number of unbranched alkanes of at least 4 members (excludes halogenated alkanes) is 12. The van der Waals surface area contributed by atoms with Crippen molar-refractivity contribution in [3.8, 4) is 0 Å². The summed E-state index contributed by atoms with van der Waals surface area (Å²) in [4.78, 5) is 42.1. The Bertz CT molecular complexity index is 965. The average molecular weight is 572 g/mol. The van der Waals surface area contributed by atoms with Gasteiger partial charge in [0.1, 0.15) is 6.04 Å². The third-order valence-corrected chi connectivity index (χ3v) is 9.71. The quantitative estimate of drug-likeness (QED) is 0.133. The van der Waals surface area contributed by atoms with Crippen LogP contribution in [0.4, 0.5) is 0 Å². The Morgan fingerprint density at radius 1 is 0.825 bits per heavy atom. The Hall–Kier alpha value is -1.90. The number of rotatable bonds is 18. The number of piperidine rings is 1. The van der Waals surface area contributed by atoms with Gasteiger partial charge in [0.2, 0.25) is 11.8 Å². The van der Waals surface area contributed by atoms with E-state index in [9.17, 15) is 14.4 Å². The van der Waals surface area contributed by atoms with Gasteiger partial charge in [0.15, 0.2) is 0 Å². The molecule has 0 spiro atoms. The molecule has 0 aliphatic carbocycles. The number of thioether (sulfide) groups is 1. The van der Waals surface area contributed by atoms with Crippen molar-refractivity contribution in [3.05, 3.63) is 29.3 Å². The van der Waals surface area contributed by atoms with E-state index in [1.807, 2.05) is 23.9 Å². The first-order chi connectivity index (χ1) is 19.6. The number of ether oxygens (including phenoxy) is 1. The van der Waals surface area contributed by atoms with Gasteiger partial charge in [0.05, 0.1) is 13.2 Å². The van der Waals surface area contributed by atoms with Crippen molar-refractivity contribution >= 4 is 29.5 Å². The molecule has 1 aromatic rings. The maximum absolute atomic E-state index is 13.0. The Balaban J connectivity index is 0.982. The van der Waals surface area contributed by atoms with Gasteiger partial charge in [0, 0.05) is 36.5 Å². The summed E-state index contributed by atoms with van der Waals surface area (Å²) in [5, 5.41) is 2.38. The fraction of sp³-hybridized carbons (Fsp3) is 0.719. The number of carbonyl (C=O) groups excluding carboxylic acids is 3. The lowest BCUT2D eigenvalue weighted by Gasteiger charge is -2.29. The van der Waals surface area contributed by atoms with Crippen LogP contribution >= 0.6 is 11.8 Å². The molecule has 3 aliphatic heterocycles. The largest absolute Gasteiger partial charge is 0.379 e. The number of nitrogens with one attached hydrogen (secondary N) is 1. The van der Waals surface area contributed by atoms with Crippen LogP contribution < -0.4 is 5.32 Å². The number of imide groups is 1. The summed E-state index contributed by atoms with van der Waals surface area (Å²) in [6.45, 7) is 5.77. The minimum absolute atomic E-state index is 0.0913. The Morgan fingerprint density at radius 3 is 2.10 bits per heavy atom. The lowest BCUT2D eigenvalue weighted by molar-refractivity contribution is -0.136. The lowest BCUT2D eigenvalue weighted by atomic mass is 10.0. The molecule has 0 radical (unpaired) electrons. The first kappa shape index (κ1) is 31.0. The molecule has 1 atom stereocenters. The van der Waals surface area contributed by atoms with E-state index in [1.54, 1.807) is 4.90 Å². The highest BCUT2D eigenvalue weighted by Gasteiger charge is 2.39. The Morgan fingerprint density at radius 2 is 1.45 bits per heavy atom. The molecule has 3 heterocycles. The van der Waals surface area contributed by atoms with Crippen LogP contribution in [0.3, 0.4) is 0 Å². The second-order valence-electron chi connectivity index (χ2n) is 11.6. The molecule has 40 heavy (non-hydrogen) atoms. The highest BCUT2D eigenvalue weighted by atomic mass is 32.2. The van der Waals surface area contributed by atoms with Crippen LogP contribution in [0.15, 0.2) is 23.1 Å². The standard InChI is InChI=1S/C32H49N3O4S/c36-30-18-17-28(31(37)33-30)35-25-27-26(32(35)38)15-14-16-29(27)40-24-13-11-9-7-5-3-1-2-4-6-8-10-12-19-34-20-22-39-23-21-34/h14-16,28H,1-13,17-25H2,(H,33,36,37). The van der Waals surface area contributed by atoms with Crippen LogP contribution in [0, 0.1) is 0 Å². The summed E-state index contributed by atoms with van der Waals surface area (Å²) in [6.07, 6.45) is 18.2. The van der Waals surface area contributed by atoms with Crippen molar-refractivity contribution < 1.29 is 19.1 Å². The van der Waals surface area contributed by atoms with Gasteiger partial charge in [-0.25, -0.2) is 0 Å². The van der Waals surface area contributed by atoms with Gasteiger partial charge < -0.3 is 9.64 Å². The van der Waals surface area contributed by atoms with Crippen LogP contribution in [0.25, 0.3) is 0 Å². The van der Waals surface area contributed by atoms with E-state index in [1.165, 1.54) is 90.0 Å². The van der Waals surface area contributed by atoms with Crippen molar-refractivity contribution in [2.24, 2.45) is 0 Å². The number of amides is 3. The van der Waals surface area contributed by atoms with Gasteiger partial charge in [-0.3, -0.25) is 24.6 Å². The highest BCUT2D eigenvalue weighted by Crippen LogP contribution is 2.34. The van der Waals surface area contributed by atoms with Crippen LogP contribution in [-0.4, -0.2) is 72.2 Å². The molecule has 4 rings (SSSR count). The summed E-state index contributed by atoms with van der Waals surface area (Å²) in [7, 11) is 0. The molecule has 2 fully saturated rings. The Labute approximate surface area is 245 Å². The SMILES string of the molecule is O=C1CCC(N2Cc3c(SCCCCCCCCCCCCCCCN4CCOCC4)cccc3C2=O)C(=O)N1. The van der Waals surface area contributed by atoms with E-state index in [0.717, 1.165) is 42.5 Å². The number of carbonyl (C=O) groups is 3. The number of morpholine rings is 1. The van der Waals surface area contributed by atoms with Gasteiger partial charge in [-0.15, -0.1) is 11.8 Å². The van der Waals surface area contributed by atoms with E-state index >= 15 is 0 Å². The van der Waals surface area contributed by atoms with E-state index in [2.05, 4.69) is 16.3 Å². The Kier molecular flexibility index (Phi) is 13.3. The molecule has 2 saturated heterocycles. The van der Waals surface area contributed by atoms with Gasteiger partial charge in [-0.2, -0.15) is 0 Å². The number of nitrogens with zero attached hydrogens (tertiary/aromatic N) is 2. The summed E-state index contributed by atoms with van der Waals surface area (Å²) in [6, 6.07) is 5.35. The molecule has 1 unspecified atom stereocenters. The fourth-order valence-corrected chi connectivity index (χ4v) is 7.17. The maximum Gasteiger partial charge on any atom is 0.255 e. The zero-order valence-electron chi connectivity index (χ0n) is 24.3. The topological polar surface area (TPSA) is 79.0 Å². The predicted octanol–water partition coefficient (Wildman–Crippen LogP) is 5.94. The number of benzene rings is 1. The number of hydrogen-bond donors (Lipinski definition) is 1. The van der Waals surface area contributed by atoms with Crippen molar-refractivity contribution in [3.63, 3.8) is 0 Å². The molecular weight excluding hydrogens is 522 g/mol. The second kappa shape index (κ2) is 17.1. The maximum atomic E-state index is 13.0. The van der Waals surface area contributed by atoms with Crippen LogP contribution in [0.5, 0.6) is 0 Å². The normalized spacial score (nSPS) is 19.8. The third kappa shape index (κ3) is 9.59. The molecule has 7 nitrogen and oxygen atoms in total. The monoisotopic (exact) mass is 571 g/mol. The summed E-state index contributed by atoms with van der Waals surface area (Å²) < 4.78 is 5.41. The molecular formula is C32H49N3O4S. The van der Waals surface area contributed by atoms with Crippen LogP contribution in [-0.2, 0) is 20.9 Å². The van der Waals surface area contributed by atoms with E-state index < -0.39 is 6.04 Å². The lowest BCUT2D eigenvalue weighted by Crippen LogP contribution is -2.52.